The van der Waals surface area contributed by atoms with Crippen LogP contribution in [0.1, 0.15) is 23.1 Å². The lowest BCUT2D eigenvalue weighted by Gasteiger charge is -2.29. The van der Waals surface area contributed by atoms with Crippen molar-refractivity contribution in [3.63, 3.8) is 0 Å². The van der Waals surface area contributed by atoms with E-state index in [0.29, 0.717) is 0 Å². The Morgan fingerprint density at radius 1 is 0.913 bits per heavy atom. The highest BCUT2D eigenvalue weighted by Gasteiger charge is 2.16. The molecule has 122 valence electrons. The van der Waals surface area contributed by atoms with Crippen LogP contribution < -0.4 is 9.47 Å². The summed E-state index contributed by atoms with van der Waals surface area (Å²) in [7, 11) is 3.44. The van der Waals surface area contributed by atoms with Crippen molar-refractivity contribution in [3.05, 3.63) is 59.2 Å². The zero-order chi connectivity index (χ0) is 16.1. The molecule has 0 spiro atoms. The molecular formula is C20H25NO2. The van der Waals surface area contributed by atoms with Gasteiger partial charge in [0, 0.05) is 13.1 Å². The van der Waals surface area contributed by atoms with Crippen LogP contribution in [-0.2, 0) is 19.4 Å². The molecular weight excluding hydrogens is 286 g/mol. The van der Waals surface area contributed by atoms with Gasteiger partial charge in [0.2, 0.25) is 0 Å². The van der Waals surface area contributed by atoms with Gasteiger partial charge in [-0.3, -0.25) is 4.90 Å². The summed E-state index contributed by atoms with van der Waals surface area (Å²) in [5, 5.41) is 0. The molecule has 0 amide bonds. The van der Waals surface area contributed by atoms with Crippen molar-refractivity contribution in [1.82, 2.24) is 4.90 Å². The Morgan fingerprint density at radius 3 is 2.39 bits per heavy atom. The molecule has 0 saturated heterocycles. The normalized spacial score (nSPS) is 14.3. The van der Waals surface area contributed by atoms with Crippen LogP contribution in [0.3, 0.4) is 0 Å². The summed E-state index contributed by atoms with van der Waals surface area (Å²) in [4.78, 5) is 2.55. The van der Waals surface area contributed by atoms with Gasteiger partial charge in [-0.15, -0.1) is 0 Å². The summed E-state index contributed by atoms with van der Waals surface area (Å²) in [5.74, 6) is 1.90. The molecule has 2 aromatic carbocycles. The van der Waals surface area contributed by atoms with Crippen LogP contribution >= 0.6 is 0 Å². The van der Waals surface area contributed by atoms with Crippen molar-refractivity contribution in [2.75, 3.05) is 27.3 Å². The zero-order valence-corrected chi connectivity index (χ0v) is 14.0. The van der Waals surface area contributed by atoms with Crippen LogP contribution in [0.15, 0.2) is 42.5 Å². The molecule has 3 heteroatoms. The Kier molecular flexibility index (Phi) is 5.19. The Balaban J connectivity index is 1.49. The quantitative estimate of drug-likeness (QED) is 0.812. The predicted molar refractivity (Wildman–Crippen MR) is 93.3 cm³/mol. The average Bonchev–Trinajstić information content (AvgIpc) is 2.62. The van der Waals surface area contributed by atoms with Crippen molar-refractivity contribution in [2.45, 2.75) is 25.8 Å². The van der Waals surface area contributed by atoms with Crippen LogP contribution in [0, 0.1) is 0 Å². The second-order valence-electron chi connectivity index (χ2n) is 6.11. The first-order valence-corrected chi connectivity index (χ1v) is 8.29. The largest absolute Gasteiger partial charge is 0.497 e. The summed E-state index contributed by atoms with van der Waals surface area (Å²) in [5.41, 5.74) is 4.27. The molecule has 23 heavy (non-hydrogen) atoms. The molecule has 1 aliphatic heterocycles. The third kappa shape index (κ3) is 4.05. The lowest BCUT2D eigenvalue weighted by Crippen LogP contribution is -2.31. The number of rotatable bonds is 6. The van der Waals surface area contributed by atoms with Gasteiger partial charge < -0.3 is 9.47 Å². The minimum Gasteiger partial charge on any atom is -0.497 e. The van der Waals surface area contributed by atoms with Gasteiger partial charge in [-0.25, -0.2) is 0 Å². The third-order valence-electron chi connectivity index (χ3n) is 4.60. The fourth-order valence-corrected chi connectivity index (χ4v) is 3.20. The molecule has 0 saturated carbocycles. The summed E-state index contributed by atoms with van der Waals surface area (Å²) < 4.78 is 10.5. The highest BCUT2D eigenvalue weighted by atomic mass is 16.5. The van der Waals surface area contributed by atoms with Crippen molar-refractivity contribution >= 4 is 0 Å². The molecule has 1 heterocycles. The van der Waals surface area contributed by atoms with E-state index in [1.807, 2.05) is 12.1 Å². The fourth-order valence-electron chi connectivity index (χ4n) is 3.20. The first-order chi connectivity index (χ1) is 11.3. The third-order valence-corrected chi connectivity index (χ3v) is 4.60. The van der Waals surface area contributed by atoms with Crippen molar-refractivity contribution in [2.24, 2.45) is 0 Å². The number of nitrogens with zero attached hydrogens (tertiary/aromatic N) is 1. The second kappa shape index (κ2) is 7.51. The van der Waals surface area contributed by atoms with Crippen LogP contribution in [0.25, 0.3) is 0 Å². The number of hydrogen-bond donors (Lipinski definition) is 0. The van der Waals surface area contributed by atoms with Gasteiger partial charge in [-0.2, -0.15) is 0 Å². The first-order valence-electron chi connectivity index (χ1n) is 8.29. The standard InChI is InChI=1S/C20H25NO2/c1-22-19-8-5-16(6-9-19)4-3-12-21-13-11-17-14-20(23-2)10-7-18(17)15-21/h5-10,14H,3-4,11-13,15H2,1-2H3. The summed E-state index contributed by atoms with van der Waals surface area (Å²) in [6.45, 7) is 3.35. The van der Waals surface area contributed by atoms with Gasteiger partial charge in [0.05, 0.1) is 14.2 Å². The maximum atomic E-state index is 5.31. The average molecular weight is 311 g/mol. The van der Waals surface area contributed by atoms with Gasteiger partial charge in [0.15, 0.2) is 0 Å². The Labute approximate surface area is 138 Å². The molecule has 0 aromatic heterocycles. The highest BCUT2D eigenvalue weighted by molar-refractivity contribution is 5.37. The van der Waals surface area contributed by atoms with E-state index < -0.39 is 0 Å². The number of aryl methyl sites for hydroxylation is 1. The van der Waals surface area contributed by atoms with Gasteiger partial charge >= 0.3 is 0 Å². The van der Waals surface area contributed by atoms with E-state index in [1.54, 1.807) is 14.2 Å². The number of methoxy groups -OCH3 is 2. The highest BCUT2D eigenvalue weighted by Crippen LogP contribution is 2.24. The first kappa shape index (κ1) is 15.9. The Morgan fingerprint density at radius 2 is 1.65 bits per heavy atom. The van der Waals surface area contributed by atoms with Crippen LogP contribution in [0.4, 0.5) is 0 Å². The molecule has 0 unspecified atom stereocenters. The summed E-state index contributed by atoms with van der Waals surface area (Å²) >= 11 is 0. The van der Waals surface area contributed by atoms with Gasteiger partial charge in [0.25, 0.3) is 0 Å². The molecule has 0 aliphatic carbocycles. The van der Waals surface area contributed by atoms with E-state index in [0.717, 1.165) is 44.0 Å². The van der Waals surface area contributed by atoms with Gasteiger partial charge in [-0.1, -0.05) is 18.2 Å². The van der Waals surface area contributed by atoms with Crippen LogP contribution in [0.2, 0.25) is 0 Å². The number of ether oxygens (including phenoxy) is 2. The lowest BCUT2D eigenvalue weighted by molar-refractivity contribution is 0.251. The minimum atomic E-state index is 0.928. The zero-order valence-electron chi connectivity index (χ0n) is 14.0. The Bertz CT molecular complexity index is 637. The van der Waals surface area contributed by atoms with Crippen molar-refractivity contribution in [1.29, 1.82) is 0 Å². The van der Waals surface area contributed by atoms with E-state index in [4.69, 9.17) is 9.47 Å². The second-order valence-corrected chi connectivity index (χ2v) is 6.11. The monoisotopic (exact) mass is 311 g/mol. The van der Waals surface area contributed by atoms with Crippen LogP contribution in [-0.4, -0.2) is 32.2 Å². The minimum absolute atomic E-state index is 0.928. The number of fused-ring (bicyclic) bond motifs is 1. The van der Waals surface area contributed by atoms with Crippen molar-refractivity contribution < 1.29 is 9.47 Å². The van der Waals surface area contributed by atoms with E-state index in [9.17, 15) is 0 Å². The Hall–Kier alpha value is -2.00. The molecule has 3 rings (SSSR count). The lowest BCUT2D eigenvalue weighted by atomic mass is 9.99. The summed E-state index contributed by atoms with van der Waals surface area (Å²) in [6.07, 6.45) is 3.43. The molecule has 0 atom stereocenters. The molecule has 0 fully saturated rings. The summed E-state index contributed by atoms with van der Waals surface area (Å²) in [6, 6.07) is 14.9. The van der Waals surface area contributed by atoms with Gasteiger partial charge in [-0.05, 0) is 66.8 Å². The molecule has 0 radical (unpaired) electrons. The SMILES string of the molecule is COc1ccc(CCCN2CCc3cc(OC)ccc3C2)cc1. The topological polar surface area (TPSA) is 21.7 Å². The predicted octanol–water partition coefficient (Wildman–Crippen LogP) is 3.69. The maximum absolute atomic E-state index is 5.31. The maximum Gasteiger partial charge on any atom is 0.119 e. The van der Waals surface area contributed by atoms with E-state index in [2.05, 4.69) is 35.2 Å². The molecule has 3 nitrogen and oxygen atoms in total. The van der Waals surface area contributed by atoms with Gasteiger partial charge in [0.1, 0.15) is 11.5 Å². The van der Waals surface area contributed by atoms with Crippen molar-refractivity contribution in [3.8, 4) is 11.5 Å². The van der Waals surface area contributed by atoms with E-state index in [1.165, 1.54) is 23.1 Å². The smallest absolute Gasteiger partial charge is 0.119 e. The number of hydrogen-bond acceptors (Lipinski definition) is 3. The number of benzene rings is 2. The fraction of sp³-hybridized carbons (Fsp3) is 0.400. The molecule has 2 aromatic rings. The molecule has 1 aliphatic rings. The molecule has 0 N–H and O–H groups in total. The van der Waals surface area contributed by atoms with E-state index >= 15 is 0 Å². The van der Waals surface area contributed by atoms with Crippen LogP contribution in [0.5, 0.6) is 11.5 Å². The molecule has 0 bridgehead atoms. The van der Waals surface area contributed by atoms with E-state index in [-0.39, 0.29) is 0 Å².